The third kappa shape index (κ3) is 3.37. The Morgan fingerprint density at radius 1 is 0.879 bits per heavy atom. The average molecular weight is 461 g/mol. The SMILES string of the molecule is COc1ccc(-c2csc3ncn(CCN4C(=O)c5ccccc5C4=O)c(=O)c23)cc1OC. The summed E-state index contributed by atoms with van der Waals surface area (Å²) in [5, 5.41) is 2.37. The normalized spacial score (nSPS) is 13.0. The van der Waals surface area contributed by atoms with Crippen LogP contribution in [0.25, 0.3) is 21.3 Å². The van der Waals surface area contributed by atoms with Crippen LogP contribution < -0.4 is 15.0 Å². The average Bonchev–Trinajstić information content (AvgIpc) is 3.38. The molecule has 8 nitrogen and oxygen atoms in total. The van der Waals surface area contributed by atoms with E-state index in [0.717, 1.165) is 11.1 Å². The van der Waals surface area contributed by atoms with E-state index in [4.69, 9.17) is 9.47 Å². The summed E-state index contributed by atoms with van der Waals surface area (Å²) in [6.45, 7) is 0.226. The van der Waals surface area contributed by atoms with Gasteiger partial charge in [-0.2, -0.15) is 0 Å². The lowest BCUT2D eigenvalue weighted by Crippen LogP contribution is -2.35. The molecule has 0 fully saturated rings. The molecule has 9 heteroatoms. The minimum absolute atomic E-state index is 0.0786. The second-order valence-electron chi connectivity index (χ2n) is 7.45. The molecule has 0 saturated carbocycles. The van der Waals surface area contributed by atoms with E-state index in [1.54, 1.807) is 44.6 Å². The quantitative estimate of drug-likeness (QED) is 0.409. The van der Waals surface area contributed by atoms with E-state index in [9.17, 15) is 14.4 Å². The Kier molecular flexibility index (Phi) is 5.18. The molecule has 33 heavy (non-hydrogen) atoms. The van der Waals surface area contributed by atoms with E-state index < -0.39 is 0 Å². The van der Waals surface area contributed by atoms with Crippen LogP contribution in [0.3, 0.4) is 0 Å². The Hall–Kier alpha value is -3.98. The van der Waals surface area contributed by atoms with Crippen LogP contribution in [0.15, 0.2) is 59.0 Å². The molecule has 5 rings (SSSR count). The van der Waals surface area contributed by atoms with Gasteiger partial charge < -0.3 is 9.47 Å². The van der Waals surface area contributed by atoms with Gasteiger partial charge in [-0.3, -0.25) is 23.9 Å². The second-order valence-corrected chi connectivity index (χ2v) is 8.31. The van der Waals surface area contributed by atoms with E-state index in [0.29, 0.717) is 32.8 Å². The Labute approximate surface area is 192 Å². The standard InChI is InChI=1S/C24H19N3O5S/c1-31-18-8-7-14(11-19(18)32-2)17-12-33-21-20(17)24(30)26(13-25-21)9-10-27-22(28)15-5-3-4-6-16(15)23(27)29/h3-8,11-13H,9-10H2,1-2H3. The molecule has 4 aromatic rings. The molecular weight excluding hydrogens is 442 g/mol. The van der Waals surface area contributed by atoms with Gasteiger partial charge in [0, 0.05) is 24.0 Å². The summed E-state index contributed by atoms with van der Waals surface area (Å²) in [5.41, 5.74) is 2.08. The maximum Gasteiger partial charge on any atom is 0.262 e. The molecule has 2 aromatic heterocycles. The molecule has 166 valence electrons. The van der Waals surface area contributed by atoms with Crippen molar-refractivity contribution in [2.45, 2.75) is 6.54 Å². The highest BCUT2D eigenvalue weighted by atomic mass is 32.1. The number of carbonyl (C=O) groups is 2. The van der Waals surface area contributed by atoms with E-state index in [2.05, 4.69) is 4.98 Å². The molecule has 0 atom stereocenters. The fourth-order valence-electron chi connectivity index (χ4n) is 3.99. The number of carbonyl (C=O) groups excluding carboxylic acids is 2. The Morgan fingerprint density at radius 3 is 2.24 bits per heavy atom. The highest BCUT2D eigenvalue weighted by Crippen LogP contribution is 2.36. The first-order valence-corrected chi connectivity index (χ1v) is 11.1. The highest BCUT2D eigenvalue weighted by Gasteiger charge is 2.34. The summed E-state index contributed by atoms with van der Waals surface area (Å²) in [4.78, 5) is 44.8. The predicted molar refractivity (Wildman–Crippen MR) is 124 cm³/mol. The fraction of sp³-hybridized carbons (Fsp3) is 0.167. The molecule has 2 amide bonds. The first kappa shape index (κ1) is 20.9. The number of ether oxygens (including phenoxy) is 2. The summed E-state index contributed by atoms with van der Waals surface area (Å²) in [5.74, 6) is 0.458. The number of benzene rings is 2. The summed E-state index contributed by atoms with van der Waals surface area (Å²) in [6.07, 6.45) is 1.46. The molecule has 0 N–H and O–H groups in total. The van der Waals surface area contributed by atoms with Crippen molar-refractivity contribution in [3.8, 4) is 22.6 Å². The number of rotatable bonds is 6. The molecule has 1 aliphatic rings. The molecule has 1 aliphatic heterocycles. The van der Waals surface area contributed by atoms with Crippen LogP contribution in [0.4, 0.5) is 0 Å². The van der Waals surface area contributed by atoms with E-state index in [-0.39, 0.29) is 30.5 Å². The number of amides is 2. The summed E-state index contributed by atoms with van der Waals surface area (Å²) >= 11 is 1.38. The fourth-order valence-corrected chi connectivity index (χ4v) is 4.90. The number of nitrogens with zero attached hydrogens (tertiary/aromatic N) is 3. The topological polar surface area (TPSA) is 90.7 Å². The third-order valence-electron chi connectivity index (χ3n) is 5.70. The van der Waals surface area contributed by atoms with Crippen molar-refractivity contribution >= 4 is 33.4 Å². The van der Waals surface area contributed by atoms with Crippen LogP contribution in [0.1, 0.15) is 20.7 Å². The van der Waals surface area contributed by atoms with Gasteiger partial charge in [0.15, 0.2) is 11.5 Å². The molecule has 0 radical (unpaired) electrons. The lowest BCUT2D eigenvalue weighted by Gasteiger charge is -2.14. The Bertz CT molecular complexity index is 1440. The van der Waals surface area contributed by atoms with Gasteiger partial charge in [0.05, 0.1) is 37.1 Å². The Morgan fingerprint density at radius 2 is 1.58 bits per heavy atom. The van der Waals surface area contributed by atoms with Gasteiger partial charge in [-0.1, -0.05) is 18.2 Å². The van der Waals surface area contributed by atoms with Crippen molar-refractivity contribution in [3.05, 3.63) is 75.7 Å². The summed E-state index contributed by atoms with van der Waals surface area (Å²) < 4.78 is 12.1. The van der Waals surface area contributed by atoms with Crippen LogP contribution in [-0.2, 0) is 6.54 Å². The number of fused-ring (bicyclic) bond motifs is 2. The Balaban J connectivity index is 1.47. The van der Waals surface area contributed by atoms with Gasteiger partial charge in [-0.25, -0.2) is 4.98 Å². The van der Waals surface area contributed by atoms with Gasteiger partial charge >= 0.3 is 0 Å². The van der Waals surface area contributed by atoms with Crippen LogP contribution in [0.5, 0.6) is 11.5 Å². The van der Waals surface area contributed by atoms with Gasteiger partial charge in [0.2, 0.25) is 0 Å². The summed E-state index contributed by atoms with van der Waals surface area (Å²) in [7, 11) is 3.12. The monoisotopic (exact) mass is 461 g/mol. The van der Waals surface area contributed by atoms with E-state index >= 15 is 0 Å². The molecule has 2 aromatic carbocycles. The zero-order valence-electron chi connectivity index (χ0n) is 17.9. The number of imide groups is 1. The highest BCUT2D eigenvalue weighted by molar-refractivity contribution is 7.17. The summed E-state index contributed by atoms with van der Waals surface area (Å²) in [6, 6.07) is 12.2. The largest absolute Gasteiger partial charge is 0.493 e. The van der Waals surface area contributed by atoms with Crippen molar-refractivity contribution in [1.82, 2.24) is 14.5 Å². The maximum atomic E-state index is 13.3. The molecule has 0 bridgehead atoms. The van der Waals surface area contributed by atoms with Crippen molar-refractivity contribution in [2.24, 2.45) is 0 Å². The van der Waals surface area contributed by atoms with Crippen LogP contribution in [0, 0.1) is 0 Å². The first-order valence-electron chi connectivity index (χ1n) is 10.2. The van der Waals surface area contributed by atoms with Crippen LogP contribution in [0.2, 0.25) is 0 Å². The minimum Gasteiger partial charge on any atom is -0.493 e. The van der Waals surface area contributed by atoms with Crippen molar-refractivity contribution < 1.29 is 19.1 Å². The minimum atomic E-state index is -0.348. The lowest BCUT2D eigenvalue weighted by molar-refractivity contribution is 0.0648. The lowest BCUT2D eigenvalue weighted by atomic mass is 10.1. The van der Waals surface area contributed by atoms with Gasteiger partial charge in [0.1, 0.15) is 4.83 Å². The molecular formula is C24H19N3O5S. The number of methoxy groups -OCH3 is 2. The molecule has 0 spiro atoms. The van der Waals surface area contributed by atoms with Crippen molar-refractivity contribution in [2.75, 3.05) is 20.8 Å². The number of thiophene rings is 1. The first-order chi connectivity index (χ1) is 16.0. The van der Waals surface area contributed by atoms with Gasteiger partial charge in [-0.15, -0.1) is 11.3 Å². The zero-order chi connectivity index (χ0) is 23.1. The van der Waals surface area contributed by atoms with Gasteiger partial charge in [-0.05, 0) is 29.8 Å². The number of aromatic nitrogens is 2. The maximum absolute atomic E-state index is 13.3. The van der Waals surface area contributed by atoms with Crippen molar-refractivity contribution in [3.63, 3.8) is 0 Å². The predicted octanol–water partition coefficient (Wildman–Crippen LogP) is 3.44. The molecule has 3 heterocycles. The number of hydrogen-bond acceptors (Lipinski definition) is 7. The van der Waals surface area contributed by atoms with Crippen LogP contribution >= 0.6 is 11.3 Å². The van der Waals surface area contributed by atoms with E-state index in [1.165, 1.54) is 27.1 Å². The number of hydrogen-bond donors (Lipinski definition) is 0. The van der Waals surface area contributed by atoms with E-state index in [1.807, 2.05) is 17.5 Å². The third-order valence-corrected chi connectivity index (χ3v) is 6.58. The molecule has 0 unspecified atom stereocenters. The van der Waals surface area contributed by atoms with Crippen LogP contribution in [-0.4, -0.2) is 47.0 Å². The smallest absolute Gasteiger partial charge is 0.262 e. The molecule has 0 aliphatic carbocycles. The molecule has 0 saturated heterocycles. The van der Waals surface area contributed by atoms with Crippen molar-refractivity contribution in [1.29, 1.82) is 0 Å². The zero-order valence-corrected chi connectivity index (χ0v) is 18.7. The van der Waals surface area contributed by atoms with Gasteiger partial charge in [0.25, 0.3) is 17.4 Å². The second kappa shape index (κ2) is 8.18.